The predicted molar refractivity (Wildman–Crippen MR) is 60.6 cm³/mol. The maximum Gasteiger partial charge on any atom is 0.411 e. The van der Waals surface area contributed by atoms with Crippen LogP contribution in [0.4, 0.5) is 4.79 Å². The Labute approximate surface area is 101 Å². The van der Waals surface area contributed by atoms with Gasteiger partial charge in [0.2, 0.25) is 0 Å². The van der Waals surface area contributed by atoms with Crippen LogP contribution in [0, 0.1) is 5.41 Å². The van der Waals surface area contributed by atoms with E-state index in [0.29, 0.717) is 13.0 Å². The Bertz CT molecular complexity index is 354. The predicted octanol–water partition coefficient (Wildman–Crippen LogP) is 1.86. The maximum atomic E-state index is 11.9. The highest BCUT2D eigenvalue weighted by Crippen LogP contribution is 2.54. The highest BCUT2D eigenvalue weighted by atomic mass is 16.6. The third-order valence-corrected chi connectivity index (χ3v) is 3.38. The molecule has 1 heterocycles. The van der Waals surface area contributed by atoms with Crippen molar-refractivity contribution in [2.45, 2.75) is 51.7 Å². The van der Waals surface area contributed by atoms with E-state index in [-0.39, 0.29) is 5.41 Å². The van der Waals surface area contributed by atoms with Gasteiger partial charge < -0.3 is 9.84 Å². The summed E-state index contributed by atoms with van der Waals surface area (Å²) in [5, 5.41) is 9.14. The van der Waals surface area contributed by atoms with Gasteiger partial charge in [0.15, 0.2) is 0 Å². The van der Waals surface area contributed by atoms with E-state index in [0.717, 1.165) is 12.8 Å². The number of amides is 1. The zero-order valence-electron chi connectivity index (χ0n) is 10.5. The molecule has 0 unspecified atom stereocenters. The van der Waals surface area contributed by atoms with Gasteiger partial charge in [-0.05, 0) is 45.4 Å². The lowest BCUT2D eigenvalue weighted by molar-refractivity contribution is -0.142. The second-order valence-electron chi connectivity index (χ2n) is 6.17. The number of carbonyl (C=O) groups excluding carboxylic acids is 1. The standard InChI is InChI=1S/C12H19NO4/c1-11(2,3)17-10(16)13-7-12(4-5-12)6-8(13)9(14)15/h8H,4-7H2,1-3H3,(H,14,15)/t8-/m1/s1. The van der Waals surface area contributed by atoms with Crippen molar-refractivity contribution < 1.29 is 19.4 Å². The van der Waals surface area contributed by atoms with Gasteiger partial charge in [-0.1, -0.05) is 0 Å². The molecule has 2 fully saturated rings. The molecular weight excluding hydrogens is 222 g/mol. The molecular formula is C12H19NO4. The molecule has 1 saturated carbocycles. The first-order valence-corrected chi connectivity index (χ1v) is 5.95. The summed E-state index contributed by atoms with van der Waals surface area (Å²) in [6.45, 7) is 5.87. The summed E-state index contributed by atoms with van der Waals surface area (Å²) in [6, 6.07) is -0.715. The van der Waals surface area contributed by atoms with Crippen LogP contribution in [-0.4, -0.2) is 40.3 Å². The summed E-state index contributed by atoms with van der Waals surface area (Å²) in [5.41, 5.74) is -0.514. The molecule has 1 aliphatic heterocycles. The number of rotatable bonds is 1. The molecule has 2 aliphatic rings. The summed E-state index contributed by atoms with van der Waals surface area (Å²) in [6.07, 6.45) is 2.11. The zero-order valence-corrected chi connectivity index (χ0v) is 10.5. The van der Waals surface area contributed by atoms with Crippen LogP contribution in [-0.2, 0) is 9.53 Å². The fraction of sp³-hybridized carbons (Fsp3) is 0.833. The number of hydrogen-bond donors (Lipinski definition) is 1. The molecule has 1 spiro atoms. The van der Waals surface area contributed by atoms with Gasteiger partial charge in [0.25, 0.3) is 0 Å². The molecule has 1 amide bonds. The van der Waals surface area contributed by atoms with Crippen LogP contribution in [0.2, 0.25) is 0 Å². The summed E-state index contributed by atoms with van der Waals surface area (Å²) in [5.74, 6) is -0.931. The molecule has 0 radical (unpaired) electrons. The summed E-state index contributed by atoms with van der Waals surface area (Å²) >= 11 is 0. The summed E-state index contributed by atoms with van der Waals surface area (Å²) in [4.78, 5) is 24.5. The zero-order chi connectivity index (χ0) is 12.8. The Kier molecular flexibility index (Phi) is 2.60. The summed E-state index contributed by atoms with van der Waals surface area (Å²) < 4.78 is 5.25. The molecule has 0 bridgehead atoms. The molecule has 1 aliphatic carbocycles. The van der Waals surface area contributed by atoms with Crippen molar-refractivity contribution in [1.29, 1.82) is 0 Å². The first kappa shape index (κ1) is 12.2. The topological polar surface area (TPSA) is 66.8 Å². The van der Waals surface area contributed by atoms with E-state index in [1.165, 1.54) is 4.90 Å². The third kappa shape index (κ3) is 2.53. The van der Waals surface area contributed by atoms with E-state index in [1.807, 2.05) is 0 Å². The number of ether oxygens (including phenoxy) is 1. The van der Waals surface area contributed by atoms with Crippen LogP contribution in [0.15, 0.2) is 0 Å². The lowest BCUT2D eigenvalue weighted by Crippen LogP contribution is -2.43. The average molecular weight is 241 g/mol. The van der Waals surface area contributed by atoms with Crippen LogP contribution in [0.5, 0.6) is 0 Å². The molecule has 1 saturated heterocycles. The quantitative estimate of drug-likeness (QED) is 0.761. The minimum absolute atomic E-state index is 0.0694. The molecule has 0 aromatic carbocycles. The smallest absolute Gasteiger partial charge is 0.411 e. The Morgan fingerprint density at radius 3 is 2.35 bits per heavy atom. The number of carboxylic acid groups (broad SMARTS) is 1. The molecule has 96 valence electrons. The van der Waals surface area contributed by atoms with Crippen LogP contribution in [0.1, 0.15) is 40.0 Å². The van der Waals surface area contributed by atoms with Gasteiger partial charge >= 0.3 is 12.1 Å². The Morgan fingerprint density at radius 1 is 1.35 bits per heavy atom. The minimum atomic E-state index is -0.931. The molecule has 17 heavy (non-hydrogen) atoms. The van der Waals surface area contributed by atoms with E-state index in [1.54, 1.807) is 20.8 Å². The molecule has 0 aromatic heterocycles. The van der Waals surface area contributed by atoms with Crippen LogP contribution in [0.3, 0.4) is 0 Å². The third-order valence-electron chi connectivity index (χ3n) is 3.38. The number of nitrogens with zero attached hydrogens (tertiary/aromatic N) is 1. The number of carboxylic acids is 1. The van der Waals surface area contributed by atoms with Gasteiger partial charge in [0.1, 0.15) is 11.6 Å². The number of likely N-dealkylation sites (tertiary alicyclic amines) is 1. The van der Waals surface area contributed by atoms with Crippen molar-refractivity contribution in [3.8, 4) is 0 Å². The fourth-order valence-electron chi connectivity index (χ4n) is 2.33. The molecule has 1 N–H and O–H groups in total. The minimum Gasteiger partial charge on any atom is -0.480 e. The van der Waals surface area contributed by atoms with Gasteiger partial charge in [-0.3, -0.25) is 4.90 Å². The van der Waals surface area contributed by atoms with Gasteiger partial charge in [-0.15, -0.1) is 0 Å². The van der Waals surface area contributed by atoms with E-state index in [2.05, 4.69) is 0 Å². The molecule has 5 heteroatoms. The number of aliphatic carboxylic acids is 1. The number of carbonyl (C=O) groups is 2. The van der Waals surface area contributed by atoms with E-state index < -0.39 is 23.7 Å². The Morgan fingerprint density at radius 2 is 1.94 bits per heavy atom. The Hall–Kier alpha value is -1.26. The Balaban J connectivity index is 2.08. The van der Waals surface area contributed by atoms with Crippen molar-refractivity contribution in [2.75, 3.05) is 6.54 Å². The maximum absolute atomic E-state index is 11.9. The summed E-state index contributed by atoms with van der Waals surface area (Å²) in [7, 11) is 0. The molecule has 5 nitrogen and oxygen atoms in total. The van der Waals surface area contributed by atoms with Gasteiger partial charge in [0.05, 0.1) is 0 Å². The second-order valence-corrected chi connectivity index (χ2v) is 6.17. The average Bonchev–Trinajstić information content (AvgIpc) is 2.73. The lowest BCUT2D eigenvalue weighted by atomic mass is 10.0. The lowest BCUT2D eigenvalue weighted by Gasteiger charge is -2.26. The first-order valence-electron chi connectivity index (χ1n) is 5.95. The monoisotopic (exact) mass is 241 g/mol. The van der Waals surface area contributed by atoms with Crippen molar-refractivity contribution in [3.05, 3.63) is 0 Å². The number of hydrogen-bond acceptors (Lipinski definition) is 3. The van der Waals surface area contributed by atoms with Gasteiger partial charge in [0, 0.05) is 6.54 Å². The van der Waals surface area contributed by atoms with Crippen molar-refractivity contribution in [2.24, 2.45) is 5.41 Å². The van der Waals surface area contributed by atoms with Crippen LogP contribution < -0.4 is 0 Å². The largest absolute Gasteiger partial charge is 0.480 e. The SMILES string of the molecule is CC(C)(C)OC(=O)N1CC2(CC2)C[C@@H]1C(=O)O. The van der Waals surface area contributed by atoms with Crippen LogP contribution in [0.25, 0.3) is 0 Å². The molecule has 1 atom stereocenters. The highest BCUT2D eigenvalue weighted by Gasteiger charge is 2.56. The van der Waals surface area contributed by atoms with E-state index >= 15 is 0 Å². The van der Waals surface area contributed by atoms with Crippen molar-refractivity contribution >= 4 is 12.1 Å². The van der Waals surface area contributed by atoms with Crippen LogP contribution >= 0.6 is 0 Å². The van der Waals surface area contributed by atoms with Crippen molar-refractivity contribution in [3.63, 3.8) is 0 Å². The van der Waals surface area contributed by atoms with Crippen molar-refractivity contribution in [1.82, 2.24) is 4.90 Å². The fourth-order valence-corrected chi connectivity index (χ4v) is 2.33. The molecule has 2 rings (SSSR count). The van der Waals surface area contributed by atoms with Gasteiger partial charge in [-0.2, -0.15) is 0 Å². The van der Waals surface area contributed by atoms with E-state index in [9.17, 15) is 9.59 Å². The van der Waals surface area contributed by atoms with Gasteiger partial charge in [-0.25, -0.2) is 9.59 Å². The normalized spacial score (nSPS) is 26.1. The molecule has 0 aromatic rings. The second kappa shape index (κ2) is 3.62. The van der Waals surface area contributed by atoms with E-state index in [4.69, 9.17) is 9.84 Å². The highest BCUT2D eigenvalue weighted by molar-refractivity contribution is 5.81. The first-order chi connectivity index (χ1) is 7.72.